The van der Waals surface area contributed by atoms with Crippen LogP contribution in [0, 0.1) is 5.41 Å². The van der Waals surface area contributed by atoms with Gasteiger partial charge in [-0.3, -0.25) is 19.8 Å². The van der Waals surface area contributed by atoms with Gasteiger partial charge in [0.1, 0.15) is 12.1 Å². The molecule has 0 radical (unpaired) electrons. The van der Waals surface area contributed by atoms with Crippen LogP contribution in [0.25, 0.3) is 0 Å². The monoisotopic (exact) mass is 321 g/mol. The maximum Gasteiger partial charge on any atom is 0.320 e. The zero-order valence-corrected chi connectivity index (χ0v) is 12.0. The van der Waals surface area contributed by atoms with E-state index in [2.05, 4.69) is 5.32 Å². The minimum atomic E-state index is -1.17. The van der Waals surface area contributed by atoms with E-state index in [1.54, 1.807) is 0 Å². The fourth-order valence-corrected chi connectivity index (χ4v) is 1.07. The molecule has 0 rings (SSSR count). The molecule has 0 aromatic rings. The molecule has 0 saturated carbocycles. The molecule has 11 N–H and O–H groups in total. The second-order valence-electron chi connectivity index (χ2n) is 4.30. The molecule has 0 aromatic carbocycles. The van der Waals surface area contributed by atoms with Crippen molar-refractivity contribution in [2.24, 2.45) is 17.2 Å². The highest BCUT2D eigenvalue weighted by atomic mass is 16.4. The minimum Gasteiger partial charge on any atom is -0.481 e. The molecule has 11 nitrogen and oxygen atoms in total. The fraction of sp³-hybridized carbons (Fsp3) is 0.636. The molecule has 128 valence electrons. The van der Waals surface area contributed by atoms with E-state index in [1.807, 2.05) is 0 Å². The predicted octanol–water partition coefficient (Wildman–Crippen LogP) is -2.08. The summed E-state index contributed by atoms with van der Waals surface area (Å²) in [6, 6.07) is -1.88. The summed E-state index contributed by atoms with van der Waals surface area (Å²) >= 11 is 0. The lowest BCUT2D eigenvalue weighted by atomic mass is 10.2. The van der Waals surface area contributed by atoms with Crippen molar-refractivity contribution in [2.45, 2.75) is 37.8 Å². The van der Waals surface area contributed by atoms with E-state index in [0.29, 0.717) is 19.4 Å². The van der Waals surface area contributed by atoms with Crippen LogP contribution in [-0.2, 0) is 14.4 Å². The first-order chi connectivity index (χ1) is 10.1. The van der Waals surface area contributed by atoms with Crippen molar-refractivity contribution in [3.63, 3.8) is 0 Å². The first kappa shape index (κ1) is 21.9. The zero-order valence-electron chi connectivity index (χ0n) is 12.0. The topological polar surface area (TPSA) is 226 Å². The molecule has 22 heavy (non-hydrogen) atoms. The first-order valence-electron chi connectivity index (χ1n) is 6.34. The Bertz CT molecular complexity index is 389. The molecule has 0 aliphatic carbocycles. The van der Waals surface area contributed by atoms with Crippen LogP contribution in [0.15, 0.2) is 0 Å². The van der Waals surface area contributed by atoms with Crippen molar-refractivity contribution in [3.05, 3.63) is 0 Å². The predicted molar refractivity (Wildman–Crippen MR) is 77.2 cm³/mol. The van der Waals surface area contributed by atoms with Crippen molar-refractivity contribution in [1.29, 1.82) is 5.41 Å². The van der Waals surface area contributed by atoms with E-state index in [-0.39, 0.29) is 18.8 Å². The van der Waals surface area contributed by atoms with Gasteiger partial charge in [-0.05, 0) is 19.3 Å². The van der Waals surface area contributed by atoms with Gasteiger partial charge in [-0.25, -0.2) is 0 Å². The van der Waals surface area contributed by atoms with Crippen molar-refractivity contribution in [3.8, 4) is 0 Å². The van der Waals surface area contributed by atoms with Crippen molar-refractivity contribution in [2.75, 3.05) is 6.54 Å². The van der Waals surface area contributed by atoms with Crippen LogP contribution in [0.1, 0.15) is 25.7 Å². The SMILES string of the molecule is N=C(N)NCCCC(N)C(=O)O.N[C@@H](CCC(=O)O)C(=O)O. The second-order valence-corrected chi connectivity index (χ2v) is 4.30. The minimum absolute atomic E-state index is 0.0231. The number of nitrogens with two attached hydrogens (primary N) is 3. The molecule has 0 aliphatic heterocycles. The Labute approximate surface area is 127 Å². The molecule has 0 aromatic heterocycles. The lowest BCUT2D eigenvalue weighted by Gasteiger charge is -2.06. The number of hydrogen-bond donors (Lipinski definition) is 8. The molecule has 0 heterocycles. The molecule has 0 amide bonds. The molecular weight excluding hydrogens is 298 g/mol. The number of aliphatic carboxylic acids is 3. The number of carbonyl (C=O) groups is 3. The Balaban J connectivity index is 0. The summed E-state index contributed by atoms with van der Waals surface area (Å²) in [5, 5.41) is 34.0. The third kappa shape index (κ3) is 15.7. The average Bonchev–Trinajstić information content (AvgIpc) is 2.40. The van der Waals surface area contributed by atoms with Gasteiger partial charge in [-0.1, -0.05) is 0 Å². The van der Waals surface area contributed by atoms with Crippen molar-refractivity contribution < 1.29 is 29.7 Å². The summed E-state index contributed by atoms with van der Waals surface area (Å²) in [4.78, 5) is 30.1. The zero-order chi connectivity index (χ0) is 17.7. The van der Waals surface area contributed by atoms with Crippen LogP contribution in [0.3, 0.4) is 0 Å². The molecule has 0 bridgehead atoms. The Morgan fingerprint density at radius 1 is 1.00 bits per heavy atom. The maximum atomic E-state index is 10.2. The molecular formula is C11H23N5O6. The van der Waals surface area contributed by atoms with Crippen LogP contribution in [-0.4, -0.2) is 57.8 Å². The summed E-state index contributed by atoms with van der Waals surface area (Å²) in [6.45, 7) is 0.482. The van der Waals surface area contributed by atoms with Gasteiger partial charge in [0.25, 0.3) is 0 Å². The Morgan fingerprint density at radius 3 is 1.82 bits per heavy atom. The highest BCUT2D eigenvalue weighted by molar-refractivity contribution is 5.75. The standard InChI is InChI=1S/C6H14N4O2.C5H9NO4/c7-4(5(11)12)2-1-3-10-6(8)9;6-3(5(9)10)1-2-4(7)8/h4H,1-3,7H2,(H,11,12)(H4,8,9,10);3H,1-2,6H2,(H,7,8)(H,9,10)/t;3-/m.0/s1. The quantitative estimate of drug-likeness (QED) is 0.131. The van der Waals surface area contributed by atoms with Crippen LogP contribution in [0.5, 0.6) is 0 Å². The van der Waals surface area contributed by atoms with Gasteiger partial charge in [-0.15, -0.1) is 0 Å². The Kier molecular flexibility index (Phi) is 12.3. The molecule has 1 unspecified atom stereocenters. The first-order valence-corrected chi connectivity index (χ1v) is 6.34. The third-order valence-electron chi connectivity index (χ3n) is 2.31. The van der Waals surface area contributed by atoms with E-state index in [1.165, 1.54) is 0 Å². The number of carboxylic acids is 3. The molecule has 0 fully saturated rings. The molecule has 2 atom stereocenters. The Morgan fingerprint density at radius 2 is 1.45 bits per heavy atom. The van der Waals surface area contributed by atoms with Gasteiger partial charge >= 0.3 is 17.9 Å². The van der Waals surface area contributed by atoms with Crippen molar-refractivity contribution in [1.82, 2.24) is 5.32 Å². The molecule has 11 heteroatoms. The van der Waals surface area contributed by atoms with Crippen LogP contribution >= 0.6 is 0 Å². The van der Waals surface area contributed by atoms with Gasteiger partial charge in [-0.2, -0.15) is 0 Å². The number of rotatable bonds is 9. The number of guanidine groups is 1. The van der Waals surface area contributed by atoms with Gasteiger partial charge in [0, 0.05) is 13.0 Å². The van der Waals surface area contributed by atoms with E-state index in [0.717, 1.165) is 0 Å². The van der Waals surface area contributed by atoms with E-state index in [9.17, 15) is 14.4 Å². The molecule has 0 saturated heterocycles. The summed E-state index contributed by atoms with van der Waals surface area (Å²) in [5.41, 5.74) is 15.2. The van der Waals surface area contributed by atoms with Crippen LogP contribution in [0.4, 0.5) is 0 Å². The molecule has 0 spiro atoms. The van der Waals surface area contributed by atoms with Gasteiger partial charge in [0.2, 0.25) is 0 Å². The average molecular weight is 321 g/mol. The largest absolute Gasteiger partial charge is 0.481 e. The lowest BCUT2D eigenvalue weighted by molar-refractivity contribution is -0.140. The van der Waals surface area contributed by atoms with E-state index in [4.69, 9.17) is 37.9 Å². The van der Waals surface area contributed by atoms with E-state index >= 15 is 0 Å². The number of nitrogens with one attached hydrogen (secondary N) is 2. The highest BCUT2D eigenvalue weighted by Gasteiger charge is 2.12. The van der Waals surface area contributed by atoms with Crippen LogP contribution in [0.2, 0.25) is 0 Å². The van der Waals surface area contributed by atoms with Gasteiger partial charge in [0.15, 0.2) is 5.96 Å². The number of carboxylic acid groups (broad SMARTS) is 3. The molecule has 0 aliphatic rings. The summed E-state index contributed by atoms with van der Waals surface area (Å²) < 4.78 is 0. The Hall–Kier alpha value is -2.40. The highest BCUT2D eigenvalue weighted by Crippen LogP contribution is 1.93. The van der Waals surface area contributed by atoms with Gasteiger partial charge in [0.05, 0.1) is 0 Å². The normalized spacial score (nSPS) is 12.3. The summed E-state index contributed by atoms with van der Waals surface area (Å²) in [7, 11) is 0. The van der Waals surface area contributed by atoms with Crippen molar-refractivity contribution >= 4 is 23.9 Å². The van der Waals surface area contributed by atoms with Gasteiger partial charge < -0.3 is 37.8 Å². The summed E-state index contributed by atoms with van der Waals surface area (Å²) in [6.07, 6.45) is 0.751. The third-order valence-corrected chi connectivity index (χ3v) is 2.31. The van der Waals surface area contributed by atoms with E-state index < -0.39 is 30.0 Å². The lowest BCUT2D eigenvalue weighted by Crippen LogP contribution is -2.34. The smallest absolute Gasteiger partial charge is 0.320 e. The van der Waals surface area contributed by atoms with Crippen LogP contribution < -0.4 is 22.5 Å². The second kappa shape index (κ2) is 12.3. The maximum absolute atomic E-state index is 10.2. The fourth-order valence-electron chi connectivity index (χ4n) is 1.07. The number of hydrogen-bond acceptors (Lipinski definition) is 6. The summed E-state index contributed by atoms with van der Waals surface area (Å²) in [5.74, 6) is -3.31.